The highest BCUT2D eigenvalue weighted by Gasteiger charge is 2.08. The van der Waals surface area contributed by atoms with Gasteiger partial charge in [-0.25, -0.2) is 4.39 Å². The standard InChI is InChI=1S/C13H20FNOS/c1-3-7-15-10-11-5-4-6-12(14)13(11)17-9-8-16-2/h4-6,15H,3,7-10H2,1-2H3. The Balaban J connectivity index is 2.63. The summed E-state index contributed by atoms with van der Waals surface area (Å²) in [5.41, 5.74) is 1.03. The Morgan fingerprint density at radius 2 is 2.24 bits per heavy atom. The molecule has 1 N–H and O–H groups in total. The molecule has 0 bridgehead atoms. The Labute approximate surface area is 107 Å². The van der Waals surface area contributed by atoms with Gasteiger partial charge in [-0.2, -0.15) is 0 Å². The van der Waals surface area contributed by atoms with Crippen LogP contribution in [0.2, 0.25) is 0 Å². The van der Waals surface area contributed by atoms with E-state index in [9.17, 15) is 4.39 Å². The molecule has 0 spiro atoms. The lowest BCUT2D eigenvalue weighted by Crippen LogP contribution is -2.14. The molecular formula is C13H20FNOS. The predicted octanol–water partition coefficient (Wildman–Crippen LogP) is 3.06. The molecule has 1 rings (SSSR count). The van der Waals surface area contributed by atoms with Crippen LogP contribution in [0.3, 0.4) is 0 Å². The van der Waals surface area contributed by atoms with E-state index in [-0.39, 0.29) is 5.82 Å². The second-order valence-corrected chi connectivity index (χ2v) is 4.85. The zero-order chi connectivity index (χ0) is 12.5. The van der Waals surface area contributed by atoms with Crippen LogP contribution >= 0.6 is 11.8 Å². The Morgan fingerprint density at radius 1 is 1.41 bits per heavy atom. The van der Waals surface area contributed by atoms with Crippen LogP contribution in [0.15, 0.2) is 23.1 Å². The van der Waals surface area contributed by atoms with Gasteiger partial charge < -0.3 is 10.1 Å². The molecule has 0 fully saturated rings. The molecule has 17 heavy (non-hydrogen) atoms. The molecule has 0 unspecified atom stereocenters. The van der Waals surface area contributed by atoms with Gasteiger partial charge in [-0.1, -0.05) is 19.1 Å². The van der Waals surface area contributed by atoms with Gasteiger partial charge in [0.05, 0.1) is 6.61 Å². The molecule has 0 aliphatic heterocycles. The molecule has 4 heteroatoms. The maximum atomic E-state index is 13.7. The largest absolute Gasteiger partial charge is 0.384 e. The van der Waals surface area contributed by atoms with Gasteiger partial charge in [-0.3, -0.25) is 0 Å². The van der Waals surface area contributed by atoms with Crippen molar-refractivity contribution in [2.45, 2.75) is 24.8 Å². The van der Waals surface area contributed by atoms with E-state index in [0.29, 0.717) is 6.61 Å². The second kappa shape index (κ2) is 8.50. The molecule has 0 heterocycles. The number of hydrogen-bond acceptors (Lipinski definition) is 3. The summed E-state index contributed by atoms with van der Waals surface area (Å²) in [6, 6.07) is 5.25. The quantitative estimate of drug-likeness (QED) is 0.571. The van der Waals surface area contributed by atoms with Crippen LogP contribution in [0, 0.1) is 5.82 Å². The number of nitrogens with one attached hydrogen (secondary N) is 1. The summed E-state index contributed by atoms with van der Waals surface area (Å²) in [5.74, 6) is 0.639. The number of methoxy groups -OCH3 is 1. The second-order valence-electron chi connectivity index (χ2n) is 3.75. The molecule has 0 aromatic heterocycles. The topological polar surface area (TPSA) is 21.3 Å². The average Bonchev–Trinajstić information content (AvgIpc) is 2.33. The van der Waals surface area contributed by atoms with Crippen LogP contribution in [-0.4, -0.2) is 26.0 Å². The number of rotatable bonds is 8. The molecule has 1 aromatic carbocycles. The van der Waals surface area contributed by atoms with Crippen molar-refractivity contribution in [2.75, 3.05) is 26.0 Å². The van der Waals surface area contributed by atoms with E-state index >= 15 is 0 Å². The van der Waals surface area contributed by atoms with Crippen LogP contribution in [0.5, 0.6) is 0 Å². The van der Waals surface area contributed by atoms with Gasteiger partial charge in [0.15, 0.2) is 0 Å². The SMILES string of the molecule is CCCNCc1cccc(F)c1SCCOC. The van der Waals surface area contributed by atoms with Crippen LogP contribution in [0.4, 0.5) is 4.39 Å². The maximum Gasteiger partial charge on any atom is 0.137 e. The third-order valence-corrected chi connectivity index (χ3v) is 3.44. The van der Waals surface area contributed by atoms with Crippen molar-refractivity contribution in [1.82, 2.24) is 5.32 Å². The van der Waals surface area contributed by atoms with Crippen molar-refractivity contribution in [3.8, 4) is 0 Å². The molecule has 0 aliphatic carbocycles. The molecule has 0 saturated heterocycles. The average molecular weight is 257 g/mol. The predicted molar refractivity (Wildman–Crippen MR) is 71.0 cm³/mol. The van der Waals surface area contributed by atoms with E-state index in [0.717, 1.165) is 35.7 Å². The third-order valence-electron chi connectivity index (χ3n) is 2.32. The first-order valence-corrected chi connectivity index (χ1v) is 6.88. The molecule has 96 valence electrons. The van der Waals surface area contributed by atoms with Gasteiger partial charge in [-0.15, -0.1) is 11.8 Å². The van der Waals surface area contributed by atoms with Gasteiger partial charge >= 0.3 is 0 Å². The number of halogens is 1. The van der Waals surface area contributed by atoms with Crippen molar-refractivity contribution in [3.05, 3.63) is 29.6 Å². The van der Waals surface area contributed by atoms with E-state index in [1.54, 1.807) is 13.2 Å². The Kier molecular flexibility index (Phi) is 7.24. The summed E-state index contributed by atoms with van der Waals surface area (Å²) in [6.07, 6.45) is 1.08. The van der Waals surface area contributed by atoms with Crippen LogP contribution in [-0.2, 0) is 11.3 Å². The van der Waals surface area contributed by atoms with Crippen LogP contribution in [0.1, 0.15) is 18.9 Å². The minimum Gasteiger partial charge on any atom is -0.384 e. The molecule has 0 radical (unpaired) electrons. The van der Waals surface area contributed by atoms with Gasteiger partial charge in [0.25, 0.3) is 0 Å². The highest BCUT2D eigenvalue weighted by atomic mass is 32.2. The zero-order valence-electron chi connectivity index (χ0n) is 10.5. The smallest absolute Gasteiger partial charge is 0.137 e. The zero-order valence-corrected chi connectivity index (χ0v) is 11.3. The fraction of sp³-hybridized carbons (Fsp3) is 0.538. The summed E-state index contributed by atoms with van der Waals surface area (Å²) in [5, 5.41) is 3.30. The minimum atomic E-state index is -0.137. The molecular weight excluding hydrogens is 237 g/mol. The summed E-state index contributed by atoms with van der Waals surface area (Å²) >= 11 is 1.52. The fourth-order valence-corrected chi connectivity index (χ4v) is 2.47. The lowest BCUT2D eigenvalue weighted by molar-refractivity contribution is 0.218. The van der Waals surface area contributed by atoms with Crippen molar-refractivity contribution >= 4 is 11.8 Å². The van der Waals surface area contributed by atoms with Gasteiger partial charge in [0.1, 0.15) is 5.82 Å². The first kappa shape index (κ1) is 14.5. The molecule has 1 aromatic rings. The van der Waals surface area contributed by atoms with Gasteiger partial charge in [-0.05, 0) is 24.6 Å². The molecule has 0 saturated carbocycles. The number of ether oxygens (including phenoxy) is 1. The van der Waals surface area contributed by atoms with E-state index in [1.807, 2.05) is 6.07 Å². The summed E-state index contributed by atoms with van der Waals surface area (Å²) < 4.78 is 18.7. The normalized spacial score (nSPS) is 10.8. The van der Waals surface area contributed by atoms with Crippen LogP contribution < -0.4 is 5.32 Å². The van der Waals surface area contributed by atoms with E-state index in [1.165, 1.54) is 17.8 Å². The van der Waals surface area contributed by atoms with Gasteiger partial charge in [0.2, 0.25) is 0 Å². The van der Waals surface area contributed by atoms with Gasteiger partial charge in [0, 0.05) is 24.3 Å². The Hall–Kier alpha value is -0.580. The highest BCUT2D eigenvalue weighted by Crippen LogP contribution is 2.25. The summed E-state index contributed by atoms with van der Waals surface area (Å²) in [7, 11) is 1.66. The summed E-state index contributed by atoms with van der Waals surface area (Å²) in [6.45, 7) is 4.44. The lowest BCUT2D eigenvalue weighted by Gasteiger charge is -2.10. The number of benzene rings is 1. The molecule has 2 nitrogen and oxygen atoms in total. The Bertz CT molecular complexity index is 333. The maximum absolute atomic E-state index is 13.7. The Morgan fingerprint density at radius 3 is 2.94 bits per heavy atom. The van der Waals surface area contributed by atoms with Crippen molar-refractivity contribution in [3.63, 3.8) is 0 Å². The number of thioether (sulfide) groups is 1. The van der Waals surface area contributed by atoms with E-state index < -0.39 is 0 Å². The first-order valence-electron chi connectivity index (χ1n) is 5.89. The highest BCUT2D eigenvalue weighted by molar-refractivity contribution is 7.99. The van der Waals surface area contributed by atoms with Crippen molar-refractivity contribution in [1.29, 1.82) is 0 Å². The first-order chi connectivity index (χ1) is 8.29. The van der Waals surface area contributed by atoms with Crippen molar-refractivity contribution < 1.29 is 9.13 Å². The minimum absolute atomic E-state index is 0.137. The fourth-order valence-electron chi connectivity index (χ4n) is 1.48. The van der Waals surface area contributed by atoms with E-state index in [2.05, 4.69) is 12.2 Å². The van der Waals surface area contributed by atoms with Crippen molar-refractivity contribution in [2.24, 2.45) is 0 Å². The molecule has 0 amide bonds. The summed E-state index contributed by atoms with van der Waals surface area (Å²) in [4.78, 5) is 0.744. The number of hydrogen-bond donors (Lipinski definition) is 1. The van der Waals surface area contributed by atoms with Crippen LogP contribution in [0.25, 0.3) is 0 Å². The van der Waals surface area contributed by atoms with E-state index in [4.69, 9.17) is 4.74 Å². The molecule has 0 atom stereocenters. The monoisotopic (exact) mass is 257 g/mol. The lowest BCUT2D eigenvalue weighted by atomic mass is 10.2. The molecule has 0 aliphatic rings. The third kappa shape index (κ3) is 5.06.